The SMILES string of the molecule is CCCC/C(Cl)=C\C(C)(C)C. The van der Waals surface area contributed by atoms with Crippen LogP contribution >= 0.6 is 11.6 Å². The predicted octanol–water partition coefficient (Wildman–Crippen LogP) is 4.35. The van der Waals surface area contributed by atoms with Crippen LogP contribution in [0.4, 0.5) is 0 Å². The molecule has 0 bridgehead atoms. The topological polar surface area (TPSA) is 0 Å². The lowest BCUT2D eigenvalue weighted by molar-refractivity contribution is 0.540. The number of unbranched alkanes of at least 4 members (excludes halogenated alkanes) is 1. The molecule has 0 radical (unpaired) electrons. The van der Waals surface area contributed by atoms with Crippen molar-refractivity contribution >= 4 is 11.6 Å². The van der Waals surface area contributed by atoms with Crippen molar-refractivity contribution in [3.8, 4) is 0 Å². The van der Waals surface area contributed by atoms with E-state index in [-0.39, 0.29) is 5.41 Å². The standard InChI is InChI=1S/C10H19Cl/c1-5-6-7-9(11)8-10(2,3)4/h8H,5-7H2,1-4H3/b9-8+. The molecule has 0 unspecified atom stereocenters. The van der Waals surface area contributed by atoms with E-state index in [0.29, 0.717) is 0 Å². The van der Waals surface area contributed by atoms with E-state index < -0.39 is 0 Å². The van der Waals surface area contributed by atoms with Crippen LogP contribution in [0.15, 0.2) is 11.1 Å². The average Bonchev–Trinajstić information content (AvgIpc) is 1.79. The second-order valence-electron chi connectivity index (χ2n) is 4.06. The van der Waals surface area contributed by atoms with E-state index in [1.54, 1.807) is 0 Å². The molecule has 0 aromatic rings. The highest BCUT2D eigenvalue weighted by molar-refractivity contribution is 6.29. The Bertz CT molecular complexity index is 128. The Labute approximate surface area is 75.6 Å². The maximum atomic E-state index is 6.01. The molecule has 11 heavy (non-hydrogen) atoms. The van der Waals surface area contributed by atoms with Gasteiger partial charge in [0.05, 0.1) is 0 Å². The molecule has 0 aromatic carbocycles. The van der Waals surface area contributed by atoms with Crippen LogP contribution in [0, 0.1) is 5.41 Å². The molecule has 66 valence electrons. The van der Waals surface area contributed by atoms with Crippen molar-refractivity contribution in [2.45, 2.75) is 47.0 Å². The third kappa shape index (κ3) is 7.93. The number of rotatable bonds is 3. The minimum atomic E-state index is 0.227. The maximum absolute atomic E-state index is 6.01. The van der Waals surface area contributed by atoms with Crippen molar-refractivity contribution in [3.05, 3.63) is 11.1 Å². The van der Waals surface area contributed by atoms with Gasteiger partial charge in [-0.3, -0.25) is 0 Å². The summed E-state index contributed by atoms with van der Waals surface area (Å²) in [5.41, 5.74) is 0.227. The lowest BCUT2D eigenvalue weighted by Gasteiger charge is -2.12. The molecule has 0 nitrogen and oxygen atoms in total. The van der Waals surface area contributed by atoms with Crippen LogP contribution in [0.3, 0.4) is 0 Å². The van der Waals surface area contributed by atoms with Gasteiger partial charge in [0, 0.05) is 5.03 Å². The number of halogens is 1. The molecule has 0 atom stereocenters. The third-order valence-electron chi connectivity index (χ3n) is 1.36. The minimum absolute atomic E-state index is 0.227. The number of hydrogen-bond acceptors (Lipinski definition) is 0. The van der Waals surface area contributed by atoms with Crippen molar-refractivity contribution in [1.29, 1.82) is 0 Å². The summed E-state index contributed by atoms with van der Waals surface area (Å²) in [6, 6.07) is 0. The average molecular weight is 175 g/mol. The smallest absolute Gasteiger partial charge is 0.0146 e. The highest BCUT2D eigenvalue weighted by Crippen LogP contribution is 2.22. The van der Waals surface area contributed by atoms with Crippen LogP contribution in [0.2, 0.25) is 0 Å². The van der Waals surface area contributed by atoms with E-state index >= 15 is 0 Å². The van der Waals surface area contributed by atoms with Crippen molar-refractivity contribution in [2.24, 2.45) is 5.41 Å². The summed E-state index contributed by atoms with van der Waals surface area (Å²) in [6.07, 6.45) is 5.60. The first kappa shape index (κ1) is 11.0. The maximum Gasteiger partial charge on any atom is 0.0146 e. The molecule has 0 aromatic heterocycles. The number of hydrogen-bond donors (Lipinski definition) is 0. The second kappa shape index (κ2) is 4.82. The summed E-state index contributed by atoms with van der Waals surface area (Å²) in [5.74, 6) is 0. The first-order valence-electron chi connectivity index (χ1n) is 4.33. The fourth-order valence-corrected chi connectivity index (χ4v) is 1.35. The van der Waals surface area contributed by atoms with Gasteiger partial charge in [-0.1, -0.05) is 51.8 Å². The first-order chi connectivity index (χ1) is 4.95. The molecule has 0 aliphatic carbocycles. The van der Waals surface area contributed by atoms with Crippen LogP contribution in [0.1, 0.15) is 47.0 Å². The van der Waals surface area contributed by atoms with Crippen LogP contribution in [-0.2, 0) is 0 Å². The fraction of sp³-hybridized carbons (Fsp3) is 0.800. The summed E-state index contributed by atoms with van der Waals surface area (Å²) >= 11 is 6.01. The third-order valence-corrected chi connectivity index (χ3v) is 1.66. The van der Waals surface area contributed by atoms with Gasteiger partial charge >= 0.3 is 0 Å². The van der Waals surface area contributed by atoms with Gasteiger partial charge in [0.2, 0.25) is 0 Å². The van der Waals surface area contributed by atoms with Crippen molar-refractivity contribution in [3.63, 3.8) is 0 Å². The summed E-state index contributed by atoms with van der Waals surface area (Å²) in [5, 5.41) is 1.01. The summed E-state index contributed by atoms with van der Waals surface area (Å²) < 4.78 is 0. The van der Waals surface area contributed by atoms with E-state index in [1.807, 2.05) is 0 Å². The highest BCUT2D eigenvalue weighted by atomic mass is 35.5. The molecule has 0 heterocycles. The van der Waals surface area contributed by atoms with Gasteiger partial charge in [-0.25, -0.2) is 0 Å². The Kier molecular flexibility index (Phi) is 4.83. The molecule has 0 saturated carbocycles. The Morgan fingerprint density at radius 3 is 2.27 bits per heavy atom. The van der Waals surface area contributed by atoms with Crippen LogP contribution in [-0.4, -0.2) is 0 Å². The second-order valence-corrected chi connectivity index (χ2v) is 4.55. The lowest BCUT2D eigenvalue weighted by atomic mass is 9.95. The molecule has 0 spiro atoms. The molecule has 0 N–H and O–H groups in total. The molecular weight excluding hydrogens is 156 g/mol. The van der Waals surface area contributed by atoms with E-state index in [0.717, 1.165) is 11.5 Å². The van der Waals surface area contributed by atoms with Gasteiger partial charge in [0.15, 0.2) is 0 Å². The van der Waals surface area contributed by atoms with E-state index in [1.165, 1.54) is 12.8 Å². The van der Waals surface area contributed by atoms with E-state index in [9.17, 15) is 0 Å². The molecule has 0 aliphatic rings. The quantitative estimate of drug-likeness (QED) is 0.597. The van der Waals surface area contributed by atoms with Crippen molar-refractivity contribution < 1.29 is 0 Å². The van der Waals surface area contributed by atoms with Gasteiger partial charge in [0.25, 0.3) is 0 Å². The lowest BCUT2D eigenvalue weighted by Crippen LogP contribution is -1.99. The Balaban J connectivity index is 3.81. The van der Waals surface area contributed by atoms with Gasteiger partial charge in [0.1, 0.15) is 0 Å². The first-order valence-corrected chi connectivity index (χ1v) is 4.70. The highest BCUT2D eigenvalue weighted by Gasteiger charge is 2.06. The van der Waals surface area contributed by atoms with Crippen molar-refractivity contribution in [2.75, 3.05) is 0 Å². The van der Waals surface area contributed by atoms with Gasteiger partial charge < -0.3 is 0 Å². The van der Waals surface area contributed by atoms with Crippen LogP contribution in [0.5, 0.6) is 0 Å². The summed E-state index contributed by atoms with van der Waals surface area (Å²) in [6.45, 7) is 8.69. The summed E-state index contributed by atoms with van der Waals surface area (Å²) in [4.78, 5) is 0. The molecule has 0 saturated heterocycles. The Morgan fingerprint density at radius 1 is 1.36 bits per heavy atom. The molecule has 0 aliphatic heterocycles. The summed E-state index contributed by atoms with van der Waals surface area (Å²) in [7, 11) is 0. The molecule has 0 fully saturated rings. The van der Waals surface area contributed by atoms with Gasteiger partial charge in [-0.15, -0.1) is 0 Å². The number of allylic oxidation sites excluding steroid dienone is 2. The monoisotopic (exact) mass is 174 g/mol. The zero-order valence-corrected chi connectivity index (χ0v) is 8.83. The zero-order valence-electron chi connectivity index (χ0n) is 8.08. The van der Waals surface area contributed by atoms with E-state index in [2.05, 4.69) is 33.8 Å². The van der Waals surface area contributed by atoms with Crippen LogP contribution in [0.25, 0.3) is 0 Å². The fourth-order valence-electron chi connectivity index (χ4n) is 0.888. The normalized spacial score (nSPS) is 13.7. The molecule has 0 rings (SSSR count). The zero-order chi connectivity index (χ0) is 8.91. The Morgan fingerprint density at radius 2 is 1.91 bits per heavy atom. The van der Waals surface area contributed by atoms with E-state index in [4.69, 9.17) is 11.6 Å². The van der Waals surface area contributed by atoms with Gasteiger partial charge in [-0.2, -0.15) is 0 Å². The molecule has 1 heteroatoms. The predicted molar refractivity (Wildman–Crippen MR) is 52.9 cm³/mol. The largest absolute Gasteiger partial charge is 0.0895 e. The van der Waals surface area contributed by atoms with Gasteiger partial charge in [-0.05, 0) is 18.3 Å². The van der Waals surface area contributed by atoms with Crippen LogP contribution < -0.4 is 0 Å². The molecule has 0 amide bonds. The minimum Gasteiger partial charge on any atom is -0.0895 e. The van der Waals surface area contributed by atoms with Crippen molar-refractivity contribution in [1.82, 2.24) is 0 Å². The molecular formula is C10H19Cl. The Hall–Kier alpha value is 0.0300.